The minimum atomic E-state index is -0.249. The first-order valence-electron chi connectivity index (χ1n) is 8.91. The Morgan fingerprint density at radius 2 is 1.76 bits per heavy atom. The van der Waals surface area contributed by atoms with Gasteiger partial charge in [-0.2, -0.15) is 0 Å². The summed E-state index contributed by atoms with van der Waals surface area (Å²) >= 11 is 5.23. The number of hydrazine groups is 1. The zero-order valence-corrected chi connectivity index (χ0v) is 15.7. The van der Waals surface area contributed by atoms with Gasteiger partial charge < -0.3 is 5.32 Å². The number of carbonyl (C=O) groups is 2. The minimum Gasteiger partial charge on any atom is -0.358 e. The van der Waals surface area contributed by atoms with Gasteiger partial charge in [0.25, 0.3) is 0 Å². The van der Waals surface area contributed by atoms with Crippen molar-refractivity contribution in [2.75, 3.05) is 0 Å². The van der Waals surface area contributed by atoms with Crippen LogP contribution in [0.25, 0.3) is 0 Å². The molecule has 2 atom stereocenters. The van der Waals surface area contributed by atoms with Crippen molar-refractivity contribution >= 4 is 29.0 Å². The van der Waals surface area contributed by atoms with E-state index in [1.165, 1.54) is 19.3 Å². The van der Waals surface area contributed by atoms with Crippen molar-refractivity contribution in [1.82, 2.24) is 16.2 Å². The minimum absolute atomic E-state index is 0.0353. The molecule has 1 aliphatic carbocycles. The molecule has 2 rings (SSSR count). The summed E-state index contributed by atoms with van der Waals surface area (Å²) in [5.41, 5.74) is 7.03. The smallest absolute Gasteiger partial charge is 0.238 e. The first-order valence-corrected chi connectivity index (χ1v) is 9.31. The summed E-state index contributed by atoms with van der Waals surface area (Å²) < 4.78 is 0. The third-order valence-corrected chi connectivity index (χ3v) is 4.92. The molecule has 0 bridgehead atoms. The first-order chi connectivity index (χ1) is 12.0. The van der Waals surface area contributed by atoms with Crippen LogP contribution in [0, 0.1) is 12.8 Å². The maximum Gasteiger partial charge on any atom is 0.238 e. The van der Waals surface area contributed by atoms with Gasteiger partial charge >= 0.3 is 0 Å². The fourth-order valence-electron chi connectivity index (χ4n) is 3.03. The van der Waals surface area contributed by atoms with E-state index in [0.717, 1.165) is 12.0 Å². The topological polar surface area (TPSA) is 70.2 Å². The van der Waals surface area contributed by atoms with E-state index >= 15 is 0 Å². The van der Waals surface area contributed by atoms with Crippen molar-refractivity contribution in [2.24, 2.45) is 5.92 Å². The molecule has 6 heteroatoms. The van der Waals surface area contributed by atoms with E-state index in [4.69, 9.17) is 12.2 Å². The predicted octanol–water partition coefficient (Wildman–Crippen LogP) is 3.03. The highest BCUT2D eigenvalue weighted by Gasteiger charge is 2.21. The average Bonchev–Trinajstić information content (AvgIpc) is 2.60. The Kier molecular flexibility index (Phi) is 7.37. The van der Waals surface area contributed by atoms with Crippen LogP contribution in [0.15, 0.2) is 24.3 Å². The van der Waals surface area contributed by atoms with Gasteiger partial charge in [0.05, 0.1) is 0 Å². The van der Waals surface area contributed by atoms with Crippen LogP contribution in [0.4, 0.5) is 0 Å². The molecular formula is C19H27N3O2S. The zero-order valence-electron chi connectivity index (χ0n) is 14.9. The first kappa shape index (κ1) is 19.4. The van der Waals surface area contributed by atoms with Crippen LogP contribution in [0.1, 0.15) is 61.4 Å². The third kappa shape index (κ3) is 6.46. The Balaban J connectivity index is 1.67. The van der Waals surface area contributed by atoms with Crippen LogP contribution in [-0.2, 0) is 4.79 Å². The summed E-state index contributed by atoms with van der Waals surface area (Å²) in [4.78, 5) is 23.9. The fraction of sp³-hybridized carbons (Fsp3) is 0.526. The van der Waals surface area contributed by atoms with Crippen molar-refractivity contribution in [3.8, 4) is 0 Å². The standard InChI is InChI=1S/C19H27N3O2S/c1-13-7-9-15(10-8-13)17(23)11-12-18(24)21-22-19(25)20-16-6-4-3-5-14(16)2/h7-10,14,16H,3-6,11-12H2,1-2H3,(H,21,24)(H2,20,22,25). The lowest BCUT2D eigenvalue weighted by Gasteiger charge is -2.30. The van der Waals surface area contributed by atoms with Crippen LogP contribution in [0.2, 0.25) is 0 Å². The lowest BCUT2D eigenvalue weighted by atomic mass is 9.86. The molecule has 25 heavy (non-hydrogen) atoms. The SMILES string of the molecule is Cc1ccc(C(=O)CCC(=O)NNC(=S)NC2CCCCC2C)cc1. The third-order valence-electron chi connectivity index (χ3n) is 4.70. The van der Waals surface area contributed by atoms with Gasteiger partial charge in [-0.05, 0) is 37.9 Å². The molecule has 1 aromatic carbocycles. The van der Waals surface area contributed by atoms with E-state index in [9.17, 15) is 9.59 Å². The number of ketones is 1. The number of Topliss-reactive ketones (excluding diaryl/α,β-unsaturated/α-hetero) is 1. The molecule has 1 aliphatic rings. The van der Waals surface area contributed by atoms with E-state index in [-0.39, 0.29) is 24.5 Å². The van der Waals surface area contributed by atoms with E-state index in [2.05, 4.69) is 23.1 Å². The van der Waals surface area contributed by atoms with Crippen molar-refractivity contribution in [3.63, 3.8) is 0 Å². The van der Waals surface area contributed by atoms with E-state index in [0.29, 0.717) is 22.6 Å². The summed E-state index contributed by atoms with van der Waals surface area (Å²) in [6.45, 7) is 4.19. The summed E-state index contributed by atoms with van der Waals surface area (Å²) in [6.07, 6.45) is 5.08. The van der Waals surface area contributed by atoms with Gasteiger partial charge in [-0.25, -0.2) is 0 Å². The van der Waals surface area contributed by atoms with Gasteiger partial charge in [0.1, 0.15) is 0 Å². The van der Waals surface area contributed by atoms with E-state index < -0.39 is 0 Å². The monoisotopic (exact) mass is 361 g/mol. The lowest BCUT2D eigenvalue weighted by Crippen LogP contribution is -2.51. The van der Waals surface area contributed by atoms with Gasteiger partial charge in [-0.1, -0.05) is 49.6 Å². The summed E-state index contributed by atoms with van der Waals surface area (Å²) in [7, 11) is 0. The number of aryl methyl sites for hydroxylation is 1. The molecule has 5 nitrogen and oxygen atoms in total. The van der Waals surface area contributed by atoms with Gasteiger partial charge in [0.15, 0.2) is 10.9 Å². The van der Waals surface area contributed by atoms with Gasteiger partial charge in [-0.15, -0.1) is 0 Å². The molecule has 1 fully saturated rings. The lowest BCUT2D eigenvalue weighted by molar-refractivity contribution is -0.121. The van der Waals surface area contributed by atoms with Crippen molar-refractivity contribution in [3.05, 3.63) is 35.4 Å². The van der Waals surface area contributed by atoms with Crippen molar-refractivity contribution in [2.45, 2.75) is 58.4 Å². The van der Waals surface area contributed by atoms with E-state index in [1.54, 1.807) is 12.1 Å². The molecule has 0 heterocycles. The van der Waals surface area contributed by atoms with Crippen LogP contribution in [0.3, 0.4) is 0 Å². The molecule has 0 spiro atoms. The number of nitrogens with one attached hydrogen (secondary N) is 3. The second kappa shape index (κ2) is 9.51. The number of thiocarbonyl (C=S) groups is 1. The van der Waals surface area contributed by atoms with Crippen molar-refractivity contribution < 1.29 is 9.59 Å². The molecule has 0 aromatic heterocycles. The van der Waals surface area contributed by atoms with Gasteiger partial charge in [0, 0.05) is 24.4 Å². The van der Waals surface area contributed by atoms with Crippen molar-refractivity contribution in [1.29, 1.82) is 0 Å². The molecule has 1 aromatic rings. The number of carbonyl (C=O) groups excluding carboxylic acids is 2. The molecule has 136 valence electrons. The molecule has 1 amide bonds. The van der Waals surface area contributed by atoms with Gasteiger partial charge in [0.2, 0.25) is 5.91 Å². The highest BCUT2D eigenvalue weighted by atomic mass is 32.1. The molecule has 0 radical (unpaired) electrons. The highest BCUT2D eigenvalue weighted by molar-refractivity contribution is 7.80. The second-order valence-electron chi connectivity index (χ2n) is 6.80. The Hall–Kier alpha value is -1.95. The number of hydrogen-bond acceptors (Lipinski definition) is 3. The maximum atomic E-state index is 12.1. The molecular weight excluding hydrogens is 334 g/mol. The van der Waals surface area contributed by atoms with Crippen LogP contribution >= 0.6 is 12.2 Å². The molecule has 0 aliphatic heterocycles. The summed E-state index contributed by atoms with van der Waals surface area (Å²) in [5.74, 6) is 0.296. The molecule has 1 saturated carbocycles. The molecule has 2 unspecified atom stereocenters. The number of benzene rings is 1. The van der Waals surface area contributed by atoms with Gasteiger partial charge in [-0.3, -0.25) is 20.4 Å². The Morgan fingerprint density at radius 3 is 2.44 bits per heavy atom. The highest BCUT2D eigenvalue weighted by Crippen LogP contribution is 2.23. The maximum absolute atomic E-state index is 12.1. The average molecular weight is 362 g/mol. The fourth-order valence-corrected chi connectivity index (χ4v) is 3.24. The van der Waals surface area contributed by atoms with Crippen LogP contribution in [0.5, 0.6) is 0 Å². The zero-order chi connectivity index (χ0) is 18.2. The largest absolute Gasteiger partial charge is 0.358 e. The van der Waals surface area contributed by atoms with Crippen LogP contribution in [-0.4, -0.2) is 22.8 Å². The predicted molar refractivity (Wildman–Crippen MR) is 103 cm³/mol. The number of rotatable bonds is 5. The second-order valence-corrected chi connectivity index (χ2v) is 7.21. The molecule has 0 saturated heterocycles. The normalized spacial score (nSPS) is 19.8. The Bertz CT molecular complexity index is 616. The summed E-state index contributed by atoms with van der Waals surface area (Å²) in [5, 5.41) is 3.69. The number of hydrogen-bond donors (Lipinski definition) is 3. The molecule has 3 N–H and O–H groups in total. The Morgan fingerprint density at radius 1 is 1.08 bits per heavy atom. The Labute approximate surface area is 154 Å². The quantitative estimate of drug-likeness (QED) is 0.427. The number of amides is 1. The van der Waals surface area contributed by atoms with E-state index in [1.807, 2.05) is 19.1 Å². The summed E-state index contributed by atoms with van der Waals surface area (Å²) in [6, 6.07) is 7.72. The van der Waals surface area contributed by atoms with Crippen LogP contribution < -0.4 is 16.2 Å².